The Morgan fingerprint density at radius 2 is 1.73 bits per heavy atom. The fourth-order valence-electron chi connectivity index (χ4n) is 14.3. The van der Waals surface area contributed by atoms with Crippen LogP contribution in [0.3, 0.4) is 0 Å². The van der Waals surface area contributed by atoms with Crippen LogP contribution in [0.5, 0.6) is 0 Å². The van der Waals surface area contributed by atoms with Crippen LogP contribution < -0.4 is 5.73 Å². The first-order valence-corrected chi connectivity index (χ1v) is 22.2. The number of carboxylic acids is 1. The molecule has 2 aliphatic heterocycles. The number of nitrogens with zero attached hydrogens (tertiary/aromatic N) is 3. The third kappa shape index (κ3) is 6.20. The molecule has 0 aromatic carbocycles. The van der Waals surface area contributed by atoms with E-state index in [0.717, 1.165) is 74.9 Å². The van der Waals surface area contributed by atoms with Gasteiger partial charge in [-0.3, -0.25) is 24.4 Å². The molecule has 9 nitrogen and oxygen atoms in total. The van der Waals surface area contributed by atoms with Crippen LogP contribution in [-0.4, -0.2) is 83.0 Å². The van der Waals surface area contributed by atoms with Crippen molar-refractivity contribution >= 4 is 40.9 Å². The van der Waals surface area contributed by atoms with E-state index in [9.17, 15) is 19.5 Å². The number of alkyl halides is 1. The highest BCUT2D eigenvalue weighted by atomic mass is 35.5. The summed E-state index contributed by atoms with van der Waals surface area (Å²) >= 11 is 6.42. The zero-order valence-electron chi connectivity index (χ0n) is 35.7. The Bertz CT molecular complexity index is 1760. The molecule has 0 radical (unpaired) electrons. The Morgan fingerprint density at radius 1 is 1.00 bits per heavy atom. The highest BCUT2D eigenvalue weighted by Crippen LogP contribution is 2.77. The number of amidine groups is 1. The molecule has 4 fully saturated rings. The summed E-state index contributed by atoms with van der Waals surface area (Å²) in [5.41, 5.74) is 8.19. The van der Waals surface area contributed by atoms with Gasteiger partial charge in [0, 0.05) is 31.5 Å². The molecule has 0 amide bonds. The number of rotatable bonds is 9. The number of allylic oxidation sites excluding steroid dienone is 1. The van der Waals surface area contributed by atoms with Gasteiger partial charge >= 0.3 is 11.9 Å². The van der Waals surface area contributed by atoms with Crippen LogP contribution in [0.15, 0.2) is 33.3 Å². The largest absolute Gasteiger partial charge is 0.481 e. The number of aliphatic imine (C=N–C) groups is 2. The highest BCUT2D eigenvalue weighted by Gasteiger charge is 2.71. The molecule has 2 unspecified atom stereocenters. The van der Waals surface area contributed by atoms with E-state index in [1.165, 1.54) is 5.57 Å². The van der Waals surface area contributed by atoms with Crippen LogP contribution >= 0.6 is 11.6 Å². The maximum absolute atomic E-state index is 14.5. The molecule has 7 rings (SSSR count). The van der Waals surface area contributed by atoms with Gasteiger partial charge in [-0.1, -0.05) is 54.5 Å². The van der Waals surface area contributed by atoms with Gasteiger partial charge in [0.25, 0.3) is 0 Å². The lowest BCUT2D eigenvalue weighted by Crippen LogP contribution is -2.66. The number of ketones is 1. The average molecular weight is 794 g/mol. The Kier molecular flexibility index (Phi) is 10.7. The molecule has 5 aliphatic carbocycles. The second-order valence-electron chi connectivity index (χ2n) is 21.1. The number of ether oxygens (including phenoxy) is 1. The first kappa shape index (κ1) is 41.6. The van der Waals surface area contributed by atoms with Crippen LogP contribution in [-0.2, 0) is 19.1 Å². The molecule has 0 aromatic heterocycles. The lowest BCUT2D eigenvalue weighted by molar-refractivity contribution is -0.232. The molecule has 310 valence electrons. The van der Waals surface area contributed by atoms with Gasteiger partial charge in [-0.05, 0) is 129 Å². The Hall–Kier alpha value is -2.52. The zero-order valence-corrected chi connectivity index (χ0v) is 36.4. The minimum Gasteiger partial charge on any atom is -0.481 e. The Balaban J connectivity index is 1.22. The standard InChI is InChI=1S/C46H69ClN4O5/c1-27(2)37-32(52)24-46(39-49-22-16-31(51(39)23-21-48)30-12-10-28(47)26-50-30)20-19-44(8)29(38(37)46)11-13-34-43(7)17-15-35(56-36(53)25-41(3,4)40(54)55)42(5,6)33(43)14-18-45(34,44)9/h10,12,27-29,31,33-35H,11,13-26,48H2,1-9H3,(H,54,55)/t28?,29-,31?,33+,34-,35+,43+,44-,45-,46-/m1/s1. The molecule has 56 heavy (non-hydrogen) atoms. The molecule has 0 aromatic rings. The summed E-state index contributed by atoms with van der Waals surface area (Å²) in [6, 6.07) is 0.0681. The van der Waals surface area contributed by atoms with Crippen molar-refractivity contribution in [3.63, 3.8) is 0 Å². The summed E-state index contributed by atoms with van der Waals surface area (Å²) < 4.78 is 6.21. The molecule has 0 saturated heterocycles. The quantitative estimate of drug-likeness (QED) is 0.177. The number of halogens is 1. The van der Waals surface area contributed by atoms with Gasteiger partial charge in [0.2, 0.25) is 0 Å². The Morgan fingerprint density at radius 3 is 2.38 bits per heavy atom. The van der Waals surface area contributed by atoms with Gasteiger partial charge in [0.05, 0.1) is 40.9 Å². The molecule has 10 heteroatoms. The second kappa shape index (κ2) is 14.3. The molecule has 7 aliphatic rings. The molecule has 0 bridgehead atoms. The number of dihydropyridines is 1. The van der Waals surface area contributed by atoms with Crippen molar-refractivity contribution in [2.75, 3.05) is 26.2 Å². The number of carboxylic acid groups (broad SMARTS) is 1. The van der Waals surface area contributed by atoms with E-state index < -0.39 is 22.8 Å². The minimum atomic E-state index is -1.17. The van der Waals surface area contributed by atoms with Crippen molar-refractivity contribution in [1.82, 2.24) is 4.90 Å². The maximum atomic E-state index is 14.5. The van der Waals surface area contributed by atoms with E-state index in [-0.39, 0.29) is 57.4 Å². The molecule has 2 heterocycles. The number of hydrogen-bond donors (Lipinski definition) is 2. The fourth-order valence-corrected chi connectivity index (χ4v) is 14.4. The van der Waals surface area contributed by atoms with Gasteiger partial charge in [-0.25, -0.2) is 0 Å². The number of hydrogen-bond acceptors (Lipinski definition) is 8. The first-order valence-electron chi connectivity index (χ1n) is 21.8. The van der Waals surface area contributed by atoms with Gasteiger partial charge in [0.15, 0.2) is 5.78 Å². The molecule has 4 saturated carbocycles. The van der Waals surface area contributed by atoms with Crippen molar-refractivity contribution in [2.45, 2.75) is 150 Å². The lowest BCUT2D eigenvalue weighted by Gasteiger charge is -2.72. The number of aliphatic carboxylic acids is 1. The normalized spacial score (nSPS) is 40.6. The van der Waals surface area contributed by atoms with Gasteiger partial charge in [0.1, 0.15) is 11.9 Å². The van der Waals surface area contributed by atoms with E-state index in [2.05, 4.69) is 65.5 Å². The van der Waals surface area contributed by atoms with Crippen molar-refractivity contribution in [3.8, 4) is 0 Å². The number of carbonyl (C=O) groups is 3. The number of fused-ring (bicyclic) bond motifs is 7. The van der Waals surface area contributed by atoms with E-state index in [1.54, 1.807) is 13.8 Å². The zero-order chi connectivity index (χ0) is 40.8. The van der Waals surface area contributed by atoms with Crippen LogP contribution in [0.25, 0.3) is 0 Å². The predicted octanol–water partition coefficient (Wildman–Crippen LogP) is 8.43. The molecular formula is C46H69ClN4O5. The average Bonchev–Trinajstić information content (AvgIpc) is 3.43. The van der Waals surface area contributed by atoms with Crippen LogP contribution in [0, 0.1) is 56.2 Å². The molecule has 0 spiro atoms. The van der Waals surface area contributed by atoms with E-state index in [4.69, 9.17) is 32.1 Å². The van der Waals surface area contributed by atoms with Gasteiger partial charge < -0.3 is 20.5 Å². The number of esters is 1. The van der Waals surface area contributed by atoms with Crippen molar-refractivity contribution in [1.29, 1.82) is 0 Å². The lowest BCUT2D eigenvalue weighted by atomic mass is 9.33. The highest BCUT2D eigenvalue weighted by molar-refractivity contribution is 6.23. The fraction of sp³-hybridized carbons (Fsp3) is 0.804. The predicted molar refractivity (Wildman–Crippen MR) is 223 cm³/mol. The van der Waals surface area contributed by atoms with Crippen LogP contribution in [0.1, 0.15) is 133 Å². The summed E-state index contributed by atoms with van der Waals surface area (Å²) in [7, 11) is 0. The molecule has 10 atom stereocenters. The van der Waals surface area contributed by atoms with Crippen LogP contribution in [0.2, 0.25) is 0 Å². The van der Waals surface area contributed by atoms with Crippen molar-refractivity contribution in [2.24, 2.45) is 71.9 Å². The van der Waals surface area contributed by atoms with Crippen molar-refractivity contribution < 1.29 is 24.2 Å². The van der Waals surface area contributed by atoms with Crippen LogP contribution in [0.4, 0.5) is 0 Å². The van der Waals surface area contributed by atoms with E-state index >= 15 is 0 Å². The van der Waals surface area contributed by atoms with Gasteiger partial charge in [-0.2, -0.15) is 0 Å². The number of Topliss-reactive ketones (excluding diaryl/α,β-unsaturated/α-hetero) is 1. The maximum Gasteiger partial charge on any atom is 0.309 e. The molecule has 3 N–H and O–H groups in total. The monoisotopic (exact) mass is 792 g/mol. The topological polar surface area (TPSA) is 135 Å². The minimum absolute atomic E-state index is 0.00222. The van der Waals surface area contributed by atoms with Crippen molar-refractivity contribution in [3.05, 3.63) is 23.3 Å². The number of carbonyl (C=O) groups excluding carboxylic acids is 2. The summed E-state index contributed by atoms with van der Waals surface area (Å²) in [4.78, 5) is 52.3. The third-order valence-corrected chi connectivity index (χ3v) is 17.5. The Labute approximate surface area is 340 Å². The SMILES string of the molecule is CC(C)C1=C2[C@H]3CC[C@@H]4[C@@]5(C)CC[C@H](OC(=O)CC(C)(C)C(=O)O)C(C)(C)[C@@H]5CC[C@@]4(C)[C@]3(C)CC[C@@]2(C2=NCCC(C3=NCC(Cl)C=C3)N2CCN)CC1=O. The first-order chi connectivity index (χ1) is 26.2. The smallest absolute Gasteiger partial charge is 0.309 e. The summed E-state index contributed by atoms with van der Waals surface area (Å²) in [6.45, 7) is 22.4. The summed E-state index contributed by atoms with van der Waals surface area (Å²) in [5.74, 6) is 1.28. The van der Waals surface area contributed by atoms with Gasteiger partial charge in [-0.15, -0.1) is 11.6 Å². The third-order valence-electron chi connectivity index (χ3n) is 17.2. The van der Waals surface area contributed by atoms with E-state index in [0.29, 0.717) is 50.2 Å². The second-order valence-corrected chi connectivity index (χ2v) is 21.7. The number of nitrogens with two attached hydrogens (primary N) is 1. The summed E-state index contributed by atoms with van der Waals surface area (Å²) in [6.07, 6.45) is 13.2. The molecular weight excluding hydrogens is 724 g/mol. The summed E-state index contributed by atoms with van der Waals surface area (Å²) in [5, 5.41) is 9.58. The van der Waals surface area contributed by atoms with E-state index in [1.807, 2.05) is 0 Å².